The smallest absolute Gasteiger partial charge is 0.335 e. The Balaban J connectivity index is 1.83. The van der Waals surface area contributed by atoms with E-state index in [4.69, 9.17) is 0 Å². The van der Waals surface area contributed by atoms with Crippen LogP contribution in [0.4, 0.5) is 21.9 Å². The van der Waals surface area contributed by atoms with Crippen LogP contribution < -0.4 is 15.1 Å². The predicted molar refractivity (Wildman–Crippen MR) is 113 cm³/mol. The molecule has 1 fully saturated rings. The molecule has 138 valence electrons. The van der Waals surface area contributed by atoms with Crippen LogP contribution in [-0.4, -0.2) is 38.2 Å². The molecule has 0 aliphatic carbocycles. The van der Waals surface area contributed by atoms with Gasteiger partial charge in [-0.25, -0.2) is 9.69 Å². The second-order valence-corrected chi connectivity index (χ2v) is 7.36. The van der Waals surface area contributed by atoms with Gasteiger partial charge >= 0.3 is 6.03 Å². The Labute approximate surface area is 170 Å². The van der Waals surface area contributed by atoms with E-state index in [0.29, 0.717) is 11.4 Å². The average molecular weight is 476 g/mol. The highest BCUT2D eigenvalue weighted by Gasteiger charge is 2.40. The Bertz CT molecular complexity index is 908. The van der Waals surface area contributed by atoms with Crippen LogP contribution in [-0.2, 0) is 9.59 Å². The summed E-state index contributed by atoms with van der Waals surface area (Å²) in [7, 11) is 3.86. The molecule has 1 saturated heterocycles. The van der Waals surface area contributed by atoms with Crippen LogP contribution in [0.3, 0.4) is 0 Å². The summed E-state index contributed by atoms with van der Waals surface area (Å²) < 4.78 is 0.969. The van der Waals surface area contributed by atoms with Crippen LogP contribution in [0.25, 0.3) is 0 Å². The first-order valence-corrected chi connectivity index (χ1v) is 9.20. The first-order chi connectivity index (χ1) is 12.9. The number of halogens is 1. The molecule has 27 heavy (non-hydrogen) atoms. The van der Waals surface area contributed by atoms with E-state index < -0.39 is 23.8 Å². The third-order valence-electron chi connectivity index (χ3n) is 4.03. The van der Waals surface area contributed by atoms with Crippen molar-refractivity contribution in [3.8, 4) is 0 Å². The normalized spacial score (nSPS) is 17.4. The lowest BCUT2D eigenvalue weighted by atomic mass is 10.1. The Morgan fingerprint density at radius 1 is 1.04 bits per heavy atom. The average Bonchev–Trinajstić information content (AvgIpc) is 2.63. The molecule has 0 spiro atoms. The molecule has 1 heterocycles. The summed E-state index contributed by atoms with van der Waals surface area (Å²) in [6.45, 7) is 0. The quantitative estimate of drug-likeness (QED) is 0.418. The molecule has 7 nitrogen and oxygen atoms in total. The van der Waals surface area contributed by atoms with Gasteiger partial charge in [0.1, 0.15) is 0 Å². The first-order valence-electron chi connectivity index (χ1n) is 8.13. The number of aliphatic imine (C=N–C) groups is 1. The van der Waals surface area contributed by atoms with Crippen molar-refractivity contribution < 1.29 is 14.4 Å². The SMILES string of the molecule is CN(C)c1ccc(N=C[C@H]2C(=O)NC(=O)N(c3ccc(I)cc3)C2=O)cc1. The number of hydrogen-bond acceptors (Lipinski definition) is 5. The van der Waals surface area contributed by atoms with Crippen LogP contribution in [0, 0.1) is 9.49 Å². The molecule has 1 aliphatic rings. The largest absolute Gasteiger partial charge is 0.378 e. The molecular weight excluding hydrogens is 459 g/mol. The molecule has 1 N–H and O–H groups in total. The maximum absolute atomic E-state index is 12.7. The molecule has 2 aromatic carbocycles. The van der Waals surface area contributed by atoms with E-state index in [2.05, 4.69) is 32.9 Å². The molecule has 0 saturated carbocycles. The van der Waals surface area contributed by atoms with Crippen molar-refractivity contribution >= 4 is 63.7 Å². The summed E-state index contributed by atoms with van der Waals surface area (Å²) in [6.07, 6.45) is 1.27. The second-order valence-electron chi connectivity index (χ2n) is 6.11. The number of rotatable bonds is 4. The number of anilines is 2. The maximum atomic E-state index is 12.7. The topological polar surface area (TPSA) is 82.1 Å². The molecule has 0 bridgehead atoms. The van der Waals surface area contributed by atoms with Gasteiger partial charge in [0.2, 0.25) is 5.91 Å². The minimum atomic E-state index is -1.17. The first kappa shape index (κ1) is 19.0. The van der Waals surface area contributed by atoms with Gasteiger partial charge in [-0.1, -0.05) is 0 Å². The van der Waals surface area contributed by atoms with E-state index in [1.54, 1.807) is 36.4 Å². The number of nitrogens with zero attached hydrogens (tertiary/aromatic N) is 3. The van der Waals surface area contributed by atoms with Crippen LogP contribution in [0.2, 0.25) is 0 Å². The van der Waals surface area contributed by atoms with Crippen LogP contribution in [0.1, 0.15) is 0 Å². The Kier molecular flexibility index (Phi) is 5.54. The van der Waals surface area contributed by atoms with E-state index in [1.807, 2.05) is 31.1 Å². The molecule has 0 radical (unpaired) electrons. The number of imide groups is 2. The summed E-state index contributed by atoms with van der Waals surface area (Å²) >= 11 is 2.13. The third-order valence-corrected chi connectivity index (χ3v) is 4.74. The summed E-state index contributed by atoms with van der Waals surface area (Å²) in [5, 5.41) is 2.21. The fourth-order valence-electron chi connectivity index (χ4n) is 2.55. The van der Waals surface area contributed by atoms with Gasteiger partial charge in [-0.05, 0) is 71.1 Å². The molecule has 2 aromatic rings. The zero-order valence-electron chi connectivity index (χ0n) is 14.7. The lowest BCUT2D eigenvalue weighted by Gasteiger charge is -2.28. The fourth-order valence-corrected chi connectivity index (χ4v) is 2.91. The molecule has 1 atom stereocenters. The molecule has 1 aliphatic heterocycles. The highest BCUT2D eigenvalue weighted by molar-refractivity contribution is 14.1. The number of hydrogen-bond donors (Lipinski definition) is 1. The van der Waals surface area contributed by atoms with Gasteiger partial charge in [0.25, 0.3) is 5.91 Å². The van der Waals surface area contributed by atoms with Crippen molar-refractivity contribution in [2.45, 2.75) is 0 Å². The van der Waals surface area contributed by atoms with Crippen molar-refractivity contribution in [3.63, 3.8) is 0 Å². The van der Waals surface area contributed by atoms with Crippen LogP contribution >= 0.6 is 22.6 Å². The van der Waals surface area contributed by atoms with Gasteiger partial charge in [0, 0.05) is 29.6 Å². The zero-order chi connectivity index (χ0) is 19.6. The second kappa shape index (κ2) is 7.87. The Morgan fingerprint density at radius 3 is 2.26 bits per heavy atom. The number of benzene rings is 2. The van der Waals surface area contributed by atoms with Crippen LogP contribution in [0.15, 0.2) is 53.5 Å². The number of carbonyl (C=O) groups excluding carboxylic acids is 3. The molecule has 8 heteroatoms. The van der Waals surface area contributed by atoms with E-state index in [9.17, 15) is 14.4 Å². The van der Waals surface area contributed by atoms with E-state index >= 15 is 0 Å². The third kappa shape index (κ3) is 4.16. The monoisotopic (exact) mass is 476 g/mol. The predicted octanol–water partition coefficient (Wildman–Crippen LogP) is 2.96. The van der Waals surface area contributed by atoms with E-state index in [1.165, 1.54) is 6.21 Å². The zero-order valence-corrected chi connectivity index (χ0v) is 16.9. The molecule has 0 aromatic heterocycles. The summed E-state index contributed by atoms with van der Waals surface area (Å²) in [6, 6.07) is 13.5. The summed E-state index contributed by atoms with van der Waals surface area (Å²) in [4.78, 5) is 44.2. The Morgan fingerprint density at radius 2 is 1.67 bits per heavy atom. The lowest BCUT2D eigenvalue weighted by molar-refractivity contribution is -0.131. The number of urea groups is 1. The van der Waals surface area contributed by atoms with Gasteiger partial charge in [0.15, 0.2) is 5.92 Å². The van der Waals surface area contributed by atoms with Gasteiger partial charge in [-0.3, -0.25) is 19.9 Å². The van der Waals surface area contributed by atoms with Gasteiger partial charge in [-0.15, -0.1) is 0 Å². The van der Waals surface area contributed by atoms with Gasteiger partial charge < -0.3 is 4.90 Å². The van der Waals surface area contributed by atoms with Crippen molar-refractivity contribution in [1.82, 2.24) is 5.32 Å². The van der Waals surface area contributed by atoms with Crippen molar-refractivity contribution in [2.24, 2.45) is 10.9 Å². The standard InChI is InChI=1S/C19H17IN4O3/c1-23(2)14-9-5-13(6-10-14)21-11-16-17(25)22-19(27)24(18(16)26)15-7-3-12(20)4-8-15/h3-11,16H,1-2H3,(H,22,25,27)/t16-/m0/s1. The highest BCUT2D eigenvalue weighted by atomic mass is 127. The molecule has 0 unspecified atom stereocenters. The van der Waals surface area contributed by atoms with E-state index in [-0.39, 0.29) is 0 Å². The van der Waals surface area contributed by atoms with E-state index in [0.717, 1.165) is 14.2 Å². The highest BCUT2D eigenvalue weighted by Crippen LogP contribution is 2.22. The van der Waals surface area contributed by atoms with Crippen LogP contribution in [0.5, 0.6) is 0 Å². The summed E-state index contributed by atoms with van der Waals surface area (Å²) in [5.74, 6) is -2.48. The number of amides is 4. The lowest BCUT2D eigenvalue weighted by Crippen LogP contribution is -2.58. The minimum Gasteiger partial charge on any atom is -0.378 e. The Hall–Kier alpha value is -2.75. The van der Waals surface area contributed by atoms with Crippen molar-refractivity contribution in [1.29, 1.82) is 0 Å². The summed E-state index contributed by atoms with van der Waals surface area (Å²) in [5.41, 5.74) is 2.02. The number of barbiturate groups is 1. The number of nitrogens with one attached hydrogen (secondary N) is 1. The van der Waals surface area contributed by atoms with Crippen molar-refractivity contribution in [3.05, 3.63) is 52.1 Å². The van der Waals surface area contributed by atoms with Gasteiger partial charge in [0.05, 0.1) is 11.4 Å². The van der Waals surface area contributed by atoms with Crippen molar-refractivity contribution in [2.75, 3.05) is 23.9 Å². The molecular formula is C19H17IN4O3. The minimum absolute atomic E-state index is 0.402. The van der Waals surface area contributed by atoms with Gasteiger partial charge in [-0.2, -0.15) is 0 Å². The molecule has 3 rings (SSSR count). The number of carbonyl (C=O) groups is 3. The fraction of sp³-hybridized carbons (Fsp3) is 0.158. The molecule has 4 amide bonds. The maximum Gasteiger partial charge on any atom is 0.335 e.